The summed E-state index contributed by atoms with van der Waals surface area (Å²) < 4.78 is 27.4. The lowest BCUT2D eigenvalue weighted by molar-refractivity contribution is 0.0944. The molecule has 8 heteroatoms. The van der Waals surface area contributed by atoms with Crippen molar-refractivity contribution >= 4 is 15.9 Å². The topological polar surface area (TPSA) is 93.1 Å². The van der Waals surface area contributed by atoms with Crippen LogP contribution in [0.2, 0.25) is 0 Å². The van der Waals surface area contributed by atoms with Crippen LogP contribution < -0.4 is 10.0 Å². The first-order valence-corrected chi connectivity index (χ1v) is 10.1. The molecule has 1 amide bonds. The lowest BCUT2D eigenvalue weighted by atomic mass is 10.0. The summed E-state index contributed by atoms with van der Waals surface area (Å²) in [6.07, 6.45) is 8.67. The van der Waals surface area contributed by atoms with Crippen LogP contribution in [0.15, 0.2) is 6.20 Å². The number of nitrogens with zero attached hydrogens (tertiary/aromatic N) is 2. The lowest BCUT2D eigenvalue weighted by Gasteiger charge is -2.20. The molecular weight excluding hydrogens is 316 g/mol. The highest BCUT2D eigenvalue weighted by Gasteiger charge is 2.30. The predicted octanol–water partition coefficient (Wildman–Crippen LogP) is 0.667. The second-order valence-corrected chi connectivity index (χ2v) is 8.36. The van der Waals surface area contributed by atoms with E-state index in [9.17, 15) is 13.2 Å². The van der Waals surface area contributed by atoms with Crippen LogP contribution >= 0.6 is 0 Å². The van der Waals surface area contributed by atoms with Crippen LogP contribution in [0.25, 0.3) is 0 Å². The molecule has 2 aliphatic rings. The molecule has 7 nitrogen and oxygen atoms in total. The van der Waals surface area contributed by atoms with Gasteiger partial charge in [0.25, 0.3) is 5.91 Å². The molecule has 0 bridgehead atoms. The summed E-state index contributed by atoms with van der Waals surface area (Å²) in [5.74, 6) is 0.0539. The first-order chi connectivity index (χ1) is 10.9. The van der Waals surface area contributed by atoms with E-state index in [-0.39, 0.29) is 17.9 Å². The summed E-state index contributed by atoms with van der Waals surface area (Å²) in [7, 11) is -3.21. The zero-order valence-corrected chi connectivity index (χ0v) is 14.2. The molecule has 3 rings (SSSR count). The largest absolute Gasteiger partial charge is 0.352 e. The van der Waals surface area contributed by atoms with Crippen LogP contribution in [0.3, 0.4) is 0 Å². The van der Waals surface area contributed by atoms with E-state index in [2.05, 4.69) is 15.1 Å². The summed E-state index contributed by atoms with van der Waals surface area (Å²) in [5.41, 5.74) is 1.68. The van der Waals surface area contributed by atoms with Crippen molar-refractivity contribution in [3.05, 3.63) is 17.5 Å². The van der Waals surface area contributed by atoms with Crippen molar-refractivity contribution < 1.29 is 13.2 Å². The molecule has 2 atom stereocenters. The summed E-state index contributed by atoms with van der Waals surface area (Å²) >= 11 is 0. The number of hydrogen-bond acceptors (Lipinski definition) is 4. The monoisotopic (exact) mass is 340 g/mol. The van der Waals surface area contributed by atoms with Gasteiger partial charge in [0, 0.05) is 19.1 Å². The molecular formula is C15H24N4O3S. The number of nitrogens with one attached hydrogen (secondary N) is 2. The van der Waals surface area contributed by atoms with Crippen molar-refractivity contribution in [3.8, 4) is 0 Å². The van der Waals surface area contributed by atoms with Gasteiger partial charge in [-0.15, -0.1) is 0 Å². The maximum Gasteiger partial charge on any atom is 0.254 e. The van der Waals surface area contributed by atoms with Crippen molar-refractivity contribution in [1.82, 2.24) is 19.8 Å². The number of amides is 1. The second kappa shape index (κ2) is 6.60. The Morgan fingerprint density at radius 2 is 2.17 bits per heavy atom. The average Bonchev–Trinajstić information content (AvgIpc) is 3.09. The SMILES string of the molecule is CS(=O)(=O)N[C@@H]1CCC[C@@H]1CNC(=O)c1cnn2c1CCCC2. The minimum Gasteiger partial charge on any atom is -0.352 e. The number of sulfonamides is 1. The van der Waals surface area contributed by atoms with Crippen LogP contribution in [0.4, 0.5) is 0 Å². The van der Waals surface area contributed by atoms with Crippen molar-refractivity contribution in [2.24, 2.45) is 5.92 Å². The van der Waals surface area contributed by atoms with Gasteiger partial charge in [-0.05, 0) is 38.0 Å². The first kappa shape index (κ1) is 16.4. The van der Waals surface area contributed by atoms with Gasteiger partial charge in [0.15, 0.2) is 0 Å². The van der Waals surface area contributed by atoms with Gasteiger partial charge in [0.2, 0.25) is 10.0 Å². The van der Waals surface area contributed by atoms with Gasteiger partial charge < -0.3 is 5.32 Å². The van der Waals surface area contributed by atoms with E-state index in [0.717, 1.165) is 50.8 Å². The molecule has 2 heterocycles. The molecule has 0 radical (unpaired) electrons. The number of rotatable bonds is 5. The van der Waals surface area contributed by atoms with E-state index in [1.807, 2.05) is 4.68 Å². The Bertz CT molecular complexity index is 683. The van der Waals surface area contributed by atoms with E-state index in [1.54, 1.807) is 6.20 Å². The number of hydrogen-bond donors (Lipinski definition) is 2. The van der Waals surface area contributed by atoms with E-state index in [4.69, 9.17) is 0 Å². The Morgan fingerprint density at radius 1 is 1.35 bits per heavy atom. The van der Waals surface area contributed by atoms with Crippen LogP contribution in [0, 0.1) is 5.92 Å². The van der Waals surface area contributed by atoms with Gasteiger partial charge in [-0.1, -0.05) is 6.42 Å². The zero-order chi connectivity index (χ0) is 16.4. The third-order valence-electron chi connectivity index (χ3n) is 4.78. The van der Waals surface area contributed by atoms with Crippen LogP contribution in [0.1, 0.15) is 48.2 Å². The highest BCUT2D eigenvalue weighted by Crippen LogP contribution is 2.26. The first-order valence-electron chi connectivity index (χ1n) is 8.24. The fourth-order valence-electron chi connectivity index (χ4n) is 3.64. The number of aromatic nitrogens is 2. The van der Waals surface area contributed by atoms with Crippen molar-refractivity contribution in [3.63, 3.8) is 0 Å². The number of aryl methyl sites for hydroxylation is 1. The van der Waals surface area contributed by atoms with Gasteiger partial charge in [0.05, 0.1) is 23.7 Å². The molecule has 1 aliphatic carbocycles. The Kier molecular flexibility index (Phi) is 4.72. The average molecular weight is 340 g/mol. The summed E-state index contributed by atoms with van der Waals surface area (Å²) in [6.45, 7) is 1.38. The fraction of sp³-hybridized carbons (Fsp3) is 0.733. The third-order valence-corrected chi connectivity index (χ3v) is 5.51. The standard InChI is InChI=1S/C15H24N4O3S/c1-23(21,22)18-13-6-4-5-11(13)9-16-15(20)12-10-17-19-8-3-2-7-14(12)19/h10-11,13,18H,2-9H2,1H3,(H,16,20)/t11-,13-/m1/s1. The van der Waals surface area contributed by atoms with Crippen molar-refractivity contribution in [2.45, 2.75) is 51.1 Å². The Hall–Kier alpha value is -1.41. The van der Waals surface area contributed by atoms with Gasteiger partial charge in [-0.3, -0.25) is 9.48 Å². The molecule has 0 saturated heterocycles. The molecule has 1 fully saturated rings. The maximum atomic E-state index is 12.4. The van der Waals surface area contributed by atoms with E-state index < -0.39 is 10.0 Å². The minimum absolute atomic E-state index is 0.0774. The zero-order valence-electron chi connectivity index (χ0n) is 13.4. The van der Waals surface area contributed by atoms with Crippen molar-refractivity contribution in [2.75, 3.05) is 12.8 Å². The highest BCUT2D eigenvalue weighted by atomic mass is 32.2. The summed E-state index contributed by atoms with van der Waals surface area (Å²) in [6, 6.07) is -0.0774. The third kappa shape index (κ3) is 3.92. The number of fused-ring (bicyclic) bond motifs is 1. The van der Waals surface area contributed by atoms with E-state index >= 15 is 0 Å². The Balaban J connectivity index is 1.59. The molecule has 23 heavy (non-hydrogen) atoms. The highest BCUT2D eigenvalue weighted by molar-refractivity contribution is 7.88. The Labute approximate surface area is 136 Å². The molecule has 0 aromatic carbocycles. The molecule has 1 saturated carbocycles. The second-order valence-electron chi connectivity index (χ2n) is 6.58. The predicted molar refractivity (Wildman–Crippen MR) is 86.6 cm³/mol. The van der Waals surface area contributed by atoms with Crippen LogP contribution in [0.5, 0.6) is 0 Å². The molecule has 0 unspecified atom stereocenters. The summed E-state index contributed by atoms with van der Waals surface area (Å²) in [4.78, 5) is 12.4. The van der Waals surface area contributed by atoms with Gasteiger partial charge in [-0.2, -0.15) is 5.10 Å². The number of carbonyl (C=O) groups is 1. The Morgan fingerprint density at radius 3 is 2.96 bits per heavy atom. The van der Waals surface area contributed by atoms with Crippen LogP contribution in [-0.4, -0.2) is 42.9 Å². The molecule has 2 N–H and O–H groups in total. The maximum absolute atomic E-state index is 12.4. The van der Waals surface area contributed by atoms with Crippen molar-refractivity contribution in [1.29, 1.82) is 0 Å². The quantitative estimate of drug-likeness (QED) is 0.824. The van der Waals surface area contributed by atoms with Gasteiger partial charge >= 0.3 is 0 Å². The van der Waals surface area contributed by atoms with Gasteiger partial charge in [0.1, 0.15) is 0 Å². The summed E-state index contributed by atoms with van der Waals surface area (Å²) in [5, 5.41) is 7.25. The van der Waals surface area contributed by atoms with Gasteiger partial charge in [-0.25, -0.2) is 13.1 Å². The lowest BCUT2D eigenvalue weighted by Crippen LogP contribution is -2.41. The molecule has 1 aromatic rings. The minimum atomic E-state index is -3.21. The van der Waals surface area contributed by atoms with Crippen LogP contribution in [-0.2, 0) is 23.0 Å². The molecule has 128 valence electrons. The molecule has 1 aliphatic heterocycles. The molecule has 0 spiro atoms. The van der Waals surface area contributed by atoms with E-state index in [0.29, 0.717) is 12.1 Å². The number of carbonyl (C=O) groups excluding carboxylic acids is 1. The normalized spacial score (nSPS) is 24.4. The van der Waals surface area contributed by atoms with E-state index in [1.165, 1.54) is 6.26 Å². The smallest absolute Gasteiger partial charge is 0.254 e. The fourth-order valence-corrected chi connectivity index (χ4v) is 4.50. The molecule has 1 aromatic heterocycles.